The summed E-state index contributed by atoms with van der Waals surface area (Å²) in [5, 5.41) is 2.79. The van der Waals surface area contributed by atoms with Crippen LogP contribution in [0.4, 0.5) is 5.82 Å². The molecule has 6 heteroatoms. The molecule has 0 aliphatic carbocycles. The van der Waals surface area contributed by atoms with E-state index in [0.717, 1.165) is 31.7 Å². The maximum atomic E-state index is 12.1. The second kappa shape index (κ2) is 7.29. The summed E-state index contributed by atoms with van der Waals surface area (Å²) in [4.78, 5) is 30.8. The molecule has 1 aliphatic rings. The lowest BCUT2D eigenvalue weighted by molar-refractivity contribution is -0.117. The SMILES string of the molecule is Cn1cccc1C(=O)C(=O)NCC1CCCN(c2ccccn2)C1. The standard InChI is InChI=1S/C18H22N4O2/c1-21-10-5-7-15(21)17(23)18(24)20-12-14-6-4-11-22(13-14)16-8-2-3-9-19-16/h2-3,5,7-10,14H,4,6,11-13H2,1H3,(H,20,24). The monoisotopic (exact) mass is 326 g/mol. The number of anilines is 1. The highest BCUT2D eigenvalue weighted by Gasteiger charge is 2.23. The third-order valence-electron chi connectivity index (χ3n) is 4.43. The highest BCUT2D eigenvalue weighted by Crippen LogP contribution is 2.20. The van der Waals surface area contributed by atoms with Gasteiger partial charge in [-0.25, -0.2) is 4.98 Å². The third kappa shape index (κ3) is 3.64. The number of amides is 1. The Balaban J connectivity index is 1.54. The second-order valence-electron chi connectivity index (χ2n) is 6.19. The molecule has 0 bridgehead atoms. The lowest BCUT2D eigenvalue weighted by Gasteiger charge is -2.33. The lowest BCUT2D eigenvalue weighted by Crippen LogP contribution is -2.42. The number of carbonyl (C=O) groups is 2. The third-order valence-corrected chi connectivity index (χ3v) is 4.43. The fourth-order valence-corrected chi connectivity index (χ4v) is 3.11. The molecule has 0 radical (unpaired) electrons. The molecule has 0 aromatic carbocycles. The first kappa shape index (κ1) is 16.2. The Labute approximate surface area is 141 Å². The number of pyridine rings is 1. The van der Waals surface area contributed by atoms with Gasteiger partial charge in [-0.15, -0.1) is 0 Å². The van der Waals surface area contributed by atoms with Crippen molar-refractivity contribution in [3.05, 3.63) is 48.4 Å². The Hall–Kier alpha value is -2.63. The minimum Gasteiger partial charge on any atom is -0.356 e. The fraction of sp³-hybridized carbons (Fsp3) is 0.389. The van der Waals surface area contributed by atoms with Gasteiger partial charge < -0.3 is 14.8 Å². The quantitative estimate of drug-likeness (QED) is 0.670. The number of Topliss-reactive ketones (excluding diaryl/α,β-unsaturated/α-hetero) is 1. The van der Waals surface area contributed by atoms with Crippen LogP contribution >= 0.6 is 0 Å². The Kier molecular flexibility index (Phi) is 4.93. The molecule has 6 nitrogen and oxygen atoms in total. The van der Waals surface area contributed by atoms with Crippen LogP contribution < -0.4 is 10.2 Å². The van der Waals surface area contributed by atoms with Crippen LogP contribution in [0.1, 0.15) is 23.3 Å². The summed E-state index contributed by atoms with van der Waals surface area (Å²) >= 11 is 0. The summed E-state index contributed by atoms with van der Waals surface area (Å²) in [7, 11) is 1.76. The van der Waals surface area contributed by atoms with E-state index in [2.05, 4.69) is 15.2 Å². The largest absolute Gasteiger partial charge is 0.356 e. The van der Waals surface area contributed by atoms with Crippen molar-refractivity contribution < 1.29 is 9.59 Å². The van der Waals surface area contributed by atoms with E-state index in [0.29, 0.717) is 18.2 Å². The number of aryl methyl sites for hydroxylation is 1. The molecule has 1 unspecified atom stereocenters. The summed E-state index contributed by atoms with van der Waals surface area (Å²) in [6, 6.07) is 9.30. The number of piperidine rings is 1. The Morgan fingerprint density at radius 1 is 1.29 bits per heavy atom. The van der Waals surface area contributed by atoms with E-state index in [1.807, 2.05) is 18.2 Å². The normalized spacial score (nSPS) is 17.5. The van der Waals surface area contributed by atoms with Crippen molar-refractivity contribution in [3.8, 4) is 0 Å². The van der Waals surface area contributed by atoms with Crippen LogP contribution in [0.5, 0.6) is 0 Å². The van der Waals surface area contributed by atoms with Gasteiger partial charge in [0, 0.05) is 39.1 Å². The maximum absolute atomic E-state index is 12.1. The minimum atomic E-state index is -0.535. The number of rotatable bonds is 5. The summed E-state index contributed by atoms with van der Waals surface area (Å²) in [5.41, 5.74) is 0.409. The van der Waals surface area contributed by atoms with Crippen molar-refractivity contribution in [1.82, 2.24) is 14.9 Å². The van der Waals surface area contributed by atoms with Crippen molar-refractivity contribution in [3.63, 3.8) is 0 Å². The van der Waals surface area contributed by atoms with Crippen LogP contribution in [-0.2, 0) is 11.8 Å². The molecule has 2 aromatic rings. The topological polar surface area (TPSA) is 67.2 Å². The van der Waals surface area contributed by atoms with Gasteiger partial charge in [-0.1, -0.05) is 6.07 Å². The highest BCUT2D eigenvalue weighted by atomic mass is 16.2. The number of ketones is 1. The van der Waals surface area contributed by atoms with Gasteiger partial charge >= 0.3 is 0 Å². The molecule has 1 saturated heterocycles. The van der Waals surface area contributed by atoms with Gasteiger partial charge in [0.2, 0.25) is 0 Å². The van der Waals surface area contributed by atoms with Crippen LogP contribution in [0.25, 0.3) is 0 Å². The van der Waals surface area contributed by atoms with E-state index in [1.54, 1.807) is 36.1 Å². The molecule has 3 heterocycles. The van der Waals surface area contributed by atoms with Crippen molar-refractivity contribution >= 4 is 17.5 Å². The average Bonchev–Trinajstić information content (AvgIpc) is 3.06. The summed E-state index contributed by atoms with van der Waals surface area (Å²) in [6.07, 6.45) is 5.65. The Morgan fingerprint density at radius 2 is 2.17 bits per heavy atom. The fourth-order valence-electron chi connectivity index (χ4n) is 3.11. The number of hydrogen-bond acceptors (Lipinski definition) is 4. The predicted octanol–water partition coefficient (Wildman–Crippen LogP) is 1.64. The van der Waals surface area contributed by atoms with Crippen LogP contribution in [0.3, 0.4) is 0 Å². The van der Waals surface area contributed by atoms with Crippen molar-refractivity contribution in [2.45, 2.75) is 12.8 Å². The zero-order valence-corrected chi connectivity index (χ0v) is 13.8. The molecule has 1 amide bonds. The van der Waals surface area contributed by atoms with Crippen molar-refractivity contribution in [2.75, 3.05) is 24.5 Å². The minimum absolute atomic E-state index is 0.325. The van der Waals surface area contributed by atoms with Gasteiger partial charge in [0.1, 0.15) is 5.82 Å². The number of nitrogens with zero attached hydrogens (tertiary/aromatic N) is 3. The van der Waals surface area contributed by atoms with Gasteiger partial charge in [-0.3, -0.25) is 9.59 Å². The van der Waals surface area contributed by atoms with Gasteiger partial charge in [0.25, 0.3) is 11.7 Å². The van der Waals surface area contributed by atoms with Crippen LogP contribution in [0, 0.1) is 5.92 Å². The molecule has 1 fully saturated rings. The molecule has 2 aromatic heterocycles. The zero-order chi connectivity index (χ0) is 16.9. The van der Waals surface area contributed by atoms with Crippen LogP contribution in [-0.4, -0.2) is 40.9 Å². The molecule has 0 spiro atoms. The first-order valence-corrected chi connectivity index (χ1v) is 8.25. The Bertz CT molecular complexity index is 711. The first-order valence-electron chi connectivity index (χ1n) is 8.25. The van der Waals surface area contributed by atoms with Gasteiger partial charge in [-0.2, -0.15) is 0 Å². The van der Waals surface area contributed by atoms with E-state index in [-0.39, 0.29) is 0 Å². The molecular weight excluding hydrogens is 304 g/mol. The van der Waals surface area contributed by atoms with Gasteiger partial charge in [0.15, 0.2) is 0 Å². The molecule has 1 atom stereocenters. The second-order valence-corrected chi connectivity index (χ2v) is 6.19. The highest BCUT2D eigenvalue weighted by molar-refractivity contribution is 6.42. The Morgan fingerprint density at radius 3 is 2.88 bits per heavy atom. The number of aromatic nitrogens is 2. The first-order chi connectivity index (χ1) is 11.6. The van der Waals surface area contributed by atoms with E-state index < -0.39 is 11.7 Å². The lowest BCUT2D eigenvalue weighted by atomic mass is 9.98. The van der Waals surface area contributed by atoms with Gasteiger partial charge in [-0.05, 0) is 43.0 Å². The molecule has 1 aliphatic heterocycles. The average molecular weight is 326 g/mol. The number of carbonyl (C=O) groups excluding carboxylic acids is 2. The molecule has 0 saturated carbocycles. The van der Waals surface area contributed by atoms with Crippen molar-refractivity contribution in [1.29, 1.82) is 0 Å². The number of hydrogen-bond donors (Lipinski definition) is 1. The smallest absolute Gasteiger partial charge is 0.294 e. The van der Waals surface area contributed by atoms with Gasteiger partial charge in [0.05, 0.1) is 5.69 Å². The summed E-state index contributed by atoms with van der Waals surface area (Å²) in [6.45, 7) is 2.33. The summed E-state index contributed by atoms with van der Waals surface area (Å²) < 4.78 is 1.66. The molecular formula is C18H22N4O2. The van der Waals surface area contributed by atoms with E-state index in [9.17, 15) is 9.59 Å². The molecule has 3 rings (SSSR count). The zero-order valence-electron chi connectivity index (χ0n) is 13.8. The van der Waals surface area contributed by atoms with Crippen molar-refractivity contribution in [2.24, 2.45) is 13.0 Å². The van der Waals surface area contributed by atoms with E-state index in [1.165, 1.54) is 0 Å². The molecule has 24 heavy (non-hydrogen) atoms. The molecule has 126 valence electrons. The number of nitrogens with one attached hydrogen (secondary N) is 1. The maximum Gasteiger partial charge on any atom is 0.294 e. The molecule has 1 N–H and O–H groups in total. The van der Waals surface area contributed by atoms with E-state index >= 15 is 0 Å². The van der Waals surface area contributed by atoms with Crippen LogP contribution in [0.15, 0.2) is 42.7 Å². The van der Waals surface area contributed by atoms with Crippen LogP contribution in [0.2, 0.25) is 0 Å². The predicted molar refractivity (Wildman–Crippen MR) is 91.9 cm³/mol. The summed E-state index contributed by atoms with van der Waals surface area (Å²) in [5.74, 6) is 0.269. The van der Waals surface area contributed by atoms with E-state index in [4.69, 9.17) is 0 Å².